The van der Waals surface area contributed by atoms with Crippen molar-refractivity contribution in [1.82, 2.24) is 0 Å². The van der Waals surface area contributed by atoms with Gasteiger partial charge in [0.25, 0.3) is 0 Å². The highest BCUT2D eigenvalue weighted by molar-refractivity contribution is 5.47. The van der Waals surface area contributed by atoms with E-state index in [0.717, 1.165) is 36.8 Å². The smallest absolute Gasteiger partial charge is 0.115 e. The molecule has 1 nitrogen and oxygen atoms in total. The lowest BCUT2D eigenvalue weighted by molar-refractivity contribution is 0.0697. The summed E-state index contributed by atoms with van der Waals surface area (Å²) < 4.78 is 0. The van der Waals surface area contributed by atoms with Crippen molar-refractivity contribution in [2.45, 2.75) is 52.1 Å². The van der Waals surface area contributed by atoms with Crippen LogP contribution in [0.4, 0.5) is 0 Å². The summed E-state index contributed by atoms with van der Waals surface area (Å²) in [4.78, 5) is 0. The van der Waals surface area contributed by atoms with Gasteiger partial charge in [0.1, 0.15) is 5.60 Å². The van der Waals surface area contributed by atoms with Crippen LogP contribution in [0.2, 0.25) is 0 Å². The highest BCUT2D eigenvalue weighted by atomic mass is 16.3. The fourth-order valence-electron chi connectivity index (χ4n) is 3.66. The van der Waals surface area contributed by atoms with Gasteiger partial charge in [-0.2, -0.15) is 0 Å². The molecule has 1 aliphatic carbocycles. The topological polar surface area (TPSA) is 20.2 Å². The zero-order chi connectivity index (χ0) is 15.0. The maximum atomic E-state index is 11.6. The minimum atomic E-state index is -0.838. The van der Waals surface area contributed by atoms with Crippen molar-refractivity contribution >= 4 is 0 Å². The van der Waals surface area contributed by atoms with E-state index in [2.05, 4.69) is 51.1 Å². The third-order valence-electron chi connectivity index (χ3n) is 4.98. The Labute approximate surface area is 127 Å². The van der Waals surface area contributed by atoms with Crippen molar-refractivity contribution in [2.24, 2.45) is 0 Å². The van der Waals surface area contributed by atoms with Crippen LogP contribution in [0.3, 0.4) is 0 Å². The van der Waals surface area contributed by atoms with E-state index in [9.17, 15) is 5.11 Å². The Morgan fingerprint density at radius 3 is 2.38 bits per heavy atom. The quantitative estimate of drug-likeness (QED) is 0.758. The van der Waals surface area contributed by atoms with Crippen molar-refractivity contribution in [3.63, 3.8) is 0 Å². The monoisotopic (exact) mass is 280 g/mol. The molecule has 0 heterocycles. The third kappa shape index (κ3) is 2.40. The summed E-state index contributed by atoms with van der Waals surface area (Å²) in [6, 6.07) is 12.8. The Hall–Kier alpha value is -1.60. The summed E-state index contributed by atoms with van der Waals surface area (Å²) in [5.74, 6) is 0. The summed E-state index contributed by atoms with van der Waals surface area (Å²) in [5.41, 5.74) is 6.39. The van der Waals surface area contributed by atoms with Gasteiger partial charge in [0.15, 0.2) is 0 Å². The SMILES string of the molecule is Cc1cc(C)c(C2(O)CCCCc3ccccc32)cc1C. The van der Waals surface area contributed by atoms with Gasteiger partial charge in [-0.15, -0.1) is 0 Å². The van der Waals surface area contributed by atoms with E-state index in [-0.39, 0.29) is 0 Å². The van der Waals surface area contributed by atoms with Crippen molar-refractivity contribution in [2.75, 3.05) is 0 Å². The van der Waals surface area contributed by atoms with Gasteiger partial charge < -0.3 is 5.11 Å². The molecule has 1 heteroatoms. The molecule has 0 aromatic heterocycles. The Morgan fingerprint density at radius 1 is 0.857 bits per heavy atom. The lowest BCUT2D eigenvalue weighted by atomic mass is 9.79. The molecule has 1 atom stereocenters. The van der Waals surface area contributed by atoms with Crippen LogP contribution in [0.25, 0.3) is 0 Å². The van der Waals surface area contributed by atoms with Gasteiger partial charge in [-0.3, -0.25) is 0 Å². The van der Waals surface area contributed by atoms with Crippen LogP contribution in [0, 0.1) is 20.8 Å². The maximum absolute atomic E-state index is 11.6. The van der Waals surface area contributed by atoms with Gasteiger partial charge in [0.05, 0.1) is 0 Å². The van der Waals surface area contributed by atoms with Crippen LogP contribution in [-0.4, -0.2) is 5.11 Å². The van der Waals surface area contributed by atoms with Crippen molar-refractivity contribution in [3.8, 4) is 0 Å². The molecule has 1 aliphatic rings. The zero-order valence-electron chi connectivity index (χ0n) is 13.2. The number of hydrogen-bond acceptors (Lipinski definition) is 1. The van der Waals surface area contributed by atoms with Gasteiger partial charge in [0.2, 0.25) is 0 Å². The molecule has 0 saturated carbocycles. The van der Waals surface area contributed by atoms with E-state index in [1.807, 2.05) is 6.07 Å². The summed E-state index contributed by atoms with van der Waals surface area (Å²) in [6.07, 6.45) is 4.11. The Kier molecular flexibility index (Phi) is 3.62. The Bertz CT molecular complexity index is 672. The second kappa shape index (κ2) is 5.31. The largest absolute Gasteiger partial charge is 0.380 e. The summed E-state index contributed by atoms with van der Waals surface area (Å²) >= 11 is 0. The molecule has 1 N–H and O–H groups in total. The number of fused-ring (bicyclic) bond motifs is 1. The average molecular weight is 280 g/mol. The molecule has 3 rings (SSSR count). The average Bonchev–Trinajstić information content (AvgIpc) is 2.64. The lowest BCUT2D eigenvalue weighted by Gasteiger charge is -2.31. The molecule has 0 fully saturated rings. The second-order valence-electron chi connectivity index (χ2n) is 6.48. The predicted octanol–water partition coefficient (Wildman–Crippen LogP) is 4.57. The van der Waals surface area contributed by atoms with Crippen LogP contribution in [0.5, 0.6) is 0 Å². The minimum Gasteiger partial charge on any atom is -0.380 e. The van der Waals surface area contributed by atoms with E-state index in [1.54, 1.807) is 0 Å². The molecular formula is C20H24O. The molecular weight excluding hydrogens is 256 g/mol. The first-order valence-electron chi connectivity index (χ1n) is 7.91. The molecule has 0 bridgehead atoms. The molecule has 2 aromatic carbocycles. The first-order chi connectivity index (χ1) is 10.0. The predicted molar refractivity (Wildman–Crippen MR) is 87.6 cm³/mol. The van der Waals surface area contributed by atoms with Gasteiger partial charge in [-0.05, 0) is 79.8 Å². The summed E-state index contributed by atoms with van der Waals surface area (Å²) in [7, 11) is 0. The first kappa shape index (κ1) is 14.3. The normalized spacial score (nSPS) is 21.7. The Balaban J connectivity index is 2.23. The van der Waals surface area contributed by atoms with Crippen LogP contribution in [0.1, 0.15) is 52.6 Å². The fraction of sp³-hybridized carbons (Fsp3) is 0.400. The van der Waals surface area contributed by atoms with E-state index >= 15 is 0 Å². The maximum Gasteiger partial charge on any atom is 0.115 e. The molecule has 110 valence electrons. The van der Waals surface area contributed by atoms with E-state index in [0.29, 0.717) is 0 Å². The number of rotatable bonds is 1. The molecule has 0 spiro atoms. The standard InChI is InChI=1S/C20H24O/c1-14-12-16(3)19(13-15(14)2)20(21)11-7-6-9-17-8-4-5-10-18(17)20/h4-5,8,10,12-13,21H,6-7,9,11H2,1-3H3. The fourth-order valence-corrected chi connectivity index (χ4v) is 3.66. The number of aliphatic hydroxyl groups is 1. The molecule has 0 amide bonds. The van der Waals surface area contributed by atoms with E-state index in [4.69, 9.17) is 0 Å². The summed E-state index contributed by atoms with van der Waals surface area (Å²) in [6.45, 7) is 6.38. The van der Waals surface area contributed by atoms with Crippen molar-refractivity contribution in [1.29, 1.82) is 0 Å². The van der Waals surface area contributed by atoms with Crippen LogP contribution in [0.15, 0.2) is 36.4 Å². The highest BCUT2D eigenvalue weighted by Gasteiger charge is 2.35. The highest BCUT2D eigenvalue weighted by Crippen LogP contribution is 2.41. The second-order valence-corrected chi connectivity index (χ2v) is 6.48. The number of benzene rings is 2. The van der Waals surface area contributed by atoms with Gasteiger partial charge >= 0.3 is 0 Å². The zero-order valence-corrected chi connectivity index (χ0v) is 13.2. The molecule has 0 aliphatic heterocycles. The molecule has 2 aromatic rings. The van der Waals surface area contributed by atoms with Crippen LogP contribution >= 0.6 is 0 Å². The third-order valence-corrected chi connectivity index (χ3v) is 4.98. The van der Waals surface area contributed by atoms with Crippen molar-refractivity contribution < 1.29 is 5.11 Å². The molecule has 21 heavy (non-hydrogen) atoms. The molecule has 1 unspecified atom stereocenters. The lowest BCUT2D eigenvalue weighted by Crippen LogP contribution is -2.28. The Morgan fingerprint density at radius 2 is 1.57 bits per heavy atom. The number of aryl methyl sites for hydroxylation is 4. The molecule has 0 radical (unpaired) electrons. The molecule has 0 saturated heterocycles. The number of hydrogen-bond donors (Lipinski definition) is 1. The first-order valence-corrected chi connectivity index (χ1v) is 7.91. The van der Waals surface area contributed by atoms with E-state index in [1.165, 1.54) is 22.3 Å². The van der Waals surface area contributed by atoms with Gasteiger partial charge in [0, 0.05) is 0 Å². The minimum absolute atomic E-state index is 0.813. The van der Waals surface area contributed by atoms with Crippen molar-refractivity contribution in [3.05, 3.63) is 69.8 Å². The van der Waals surface area contributed by atoms with E-state index < -0.39 is 5.60 Å². The van der Waals surface area contributed by atoms with Gasteiger partial charge in [-0.1, -0.05) is 36.4 Å². The summed E-state index contributed by atoms with van der Waals surface area (Å²) in [5, 5.41) is 11.6. The van der Waals surface area contributed by atoms with Crippen LogP contribution in [-0.2, 0) is 12.0 Å². The van der Waals surface area contributed by atoms with Crippen LogP contribution < -0.4 is 0 Å². The van der Waals surface area contributed by atoms with Gasteiger partial charge in [-0.25, -0.2) is 0 Å².